The molecule has 6 heteroatoms. The Bertz CT molecular complexity index is 318. The van der Waals surface area contributed by atoms with Crippen molar-refractivity contribution in [3.63, 3.8) is 0 Å². The maximum atomic E-state index is 11.9. The van der Waals surface area contributed by atoms with Crippen molar-refractivity contribution in [1.82, 2.24) is 4.90 Å². The van der Waals surface area contributed by atoms with Gasteiger partial charge in [-0.3, -0.25) is 9.59 Å². The maximum absolute atomic E-state index is 11.9. The van der Waals surface area contributed by atoms with E-state index >= 15 is 0 Å². The number of carbonyl (C=O) groups is 3. The fourth-order valence-corrected chi connectivity index (χ4v) is 1.84. The first kappa shape index (κ1) is 13.0. The second-order valence-corrected chi connectivity index (χ2v) is 4.35. The summed E-state index contributed by atoms with van der Waals surface area (Å²) in [6.07, 6.45) is 0.440. The number of amides is 1. The van der Waals surface area contributed by atoms with Crippen molar-refractivity contribution in [3.8, 4) is 0 Å². The number of Topliss-reactive ketones (excluding diaryl/α,β-unsaturated/α-hetero) is 1. The largest absolute Gasteiger partial charge is 0.480 e. The molecule has 1 N–H and O–H groups in total. The van der Waals surface area contributed by atoms with E-state index < -0.39 is 12.0 Å². The molecule has 0 aliphatic carbocycles. The van der Waals surface area contributed by atoms with E-state index in [9.17, 15) is 14.4 Å². The molecule has 1 saturated heterocycles. The summed E-state index contributed by atoms with van der Waals surface area (Å²) >= 11 is 4.00. The Morgan fingerprint density at radius 1 is 1.62 bits per heavy atom. The average molecular weight is 245 g/mol. The molecule has 0 bridgehead atoms. The lowest BCUT2D eigenvalue weighted by molar-refractivity contribution is -0.155. The third kappa shape index (κ3) is 2.75. The highest BCUT2D eigenvalue weighted by atomic mass is 32.1. The van der Waals surface area contributed by atoms with Crippen LogP contribution in [0.5, 0.6) is 0 Å². The van der Waals surface area contributed by atoms with E-state index in [-0.39, 0.29) is 37.0 Å². The normalized spacial score (nSPS) is 23.0. The second-order valence-electron chi connectivity index (χ2n) is 3.98. The van der Waals surface area contributed by atoms with Crippen molar-refractivity contribution in [2.24, 2.45) is 5.92 Å². The lowest BCUT2D eigenvalue weighted by Gasteiger charge is -2.33. The van der Waals surface area contributed by atoms with E-state index in [4.69, 9.17) is 5.11 Å². The molecule has 1 aliphatic rings. The van der Waals surface area contributed by atoms with Crippen molar-refractivity contribution < 1.29 is 19.5 Å². The molecule has 5 nitrogen and oxygen atoms in total. The molecule has 0 aromatic heterocycles. The zero-order valence-corrected chi connectivity index (χ0v) is 9.94. The van der Waals surface area contributed by atoms with Crippen LogP contribution in [0.3, 0.4) is 0 Å². The smallest absolute Gasteiger partial charge is 0.326 e. The van der Waals surface area contributed by atoms with Crippen LogP contribution in [-0.4, -0.2) is 46.0 Å². The van der Waals surface area contributed by atoms with Crippen LogP contribution in [-0.2, 0) is 14.4 Å². The Labute approximate surface area is 99.2 Å². The van der Waals surface area contributed by atoms with Gasteiger partial charge in [0.05, 0.1) is 6.54 Å². The van der Waals surface area contributed by atoms with Gasteiger partial charge in [0.2, 0.25) is 5.91 Å². The molecule has 0 radical (unpaired) electrons. The number of nitrogens with zero attached hydrogens (tertiary/aromatic N) is 1. The number of piperidine rings is 1. The van der Waals surface area contributed by atoms with Gasteiger partial charge < -0.3 is 10.0 Å². The SMILES string of the molecule is CC(CS)C(=O)N1CC(=O)CC[C@H]1C(=O)O. The Morgan fingerprint density at radius 2 is 2.25 bits per heavy atom. The predicted molar refractivity (Wildman–Crippen MR) is 60.4 cm³/mol. The van der Waals surface area contributed by atoms with Crippen LogP contribution >= 0.6 is 12.6 Å². The number of aliphatic carboxylic acids is 1. The second kappa shape index (κ2) is 5.34. The number of rotatable bonds is 3. The number of hydrogen-bond donors (Lipinski definition) is 2. The van der Waals surface area contributed by atoms with Crippen molar-refractivity contribution in [2.75, 3.05) is 12.3 Å². The number of likely N-dealkylation sites (tertiary alicyclic amines) is 1. The van der Waals surface area contributed by atoms with Crippen molar-refractivity contribution >= 4 is 30.3 Å². The van der Waals surface area contributed by atoms with Gasteiger partial charge in [0, 0.05) is 18.1 Å². The highest BCUT2D eigenvalue weighted by Crippen LogP contribution is 2.18. The molecular formula is C10H15NO4S. The van der Waals surface area contributed by atoms with Crippen LogP contribution in [0, 0.1) is 5.92 Å². The zero-order valence-electron chi connectivity index (χ0n) is 9.05. The van der Waals surface area contributed by atoms with E-state index in [0.717, 1.165) is 4.90 Å². The molecule has 0 aromatic rings. The van der Waals surface area contributed by atoms with Crippen molar-refractivity contribution in [2.45, 2.75) is 25.8 Å². The Kier molecular flexibility index (Phi) is 4.35. The molecule has 1 amide bonds. The summed E-state index contributed by atoms with van der Waals surface area (Å²) in [5.74, 6) is -1.47. The fraction of sp³-hybridized carbons (Fsp3) is 0.700. The molecule has 1 heterocycles. The molecule has 2 atom stereocenters. The lowest BCUT2D eigenvalue weighted by Crippen LogP contribution is -2.52. The van der Waals surface area contributed by atoms with Crippen molar-refractivity contribution in [1.29, 1.82) is 0 Å². The summed E-state index contributed by atoms with van der Waals surface area (Å²) in [4.78, 5) is 35.2. The molecule has 0 aromatic carbocycles. The van der Waals surface area contributed by atoms with Gasteiger partial charge in [0.1, 0.15) is 6.04 Å². The van der Waals surface area contributed by atoms with Crippen LogP contribution in [0.25, 0.3) is 0 Å². The quantitative estimate of drug-likeness (QED) is 0.696. The van der Waals surface area contributed by atoms with Gasteiger partial charge in [-0.05, 0) is 6.42 Å². The number of carboxylic acid groups (broad SMARTS) is 1. The first-order valence-corrected chi connectivity index (χ1v) is 5.76. The molecule has 1 aliphatic heterocycles. The third-order valence-electron chi connectivity index (χ3n) is 2.68. The Morgan fingerprint density at radius 3 is 2.75 bits per heavy atom. The molecule has 90 valence electrons. The Balaban J connectivity index is 2.82. The number of thiol groups is 1. The fourth-order valence-electron chi connectivity index (χ4n) is 1.68. The van der Waals surface area contributed by atoms with Gasteiger partial charge in [0.15, 0.2) is 5.78 Å². The molecule has 16 heavy (non-hydrogen) atoms. The maximum Gasteiger partial charge on any atom is 0.326 e. The minimum Gasteiger partial charge on any atom is -0.480 e. The summed E-state index contributed by atoms with van der Waals surface area (Å²) in [5, 5.41) is 8.97. The van der Waals surface area contributed by atoms with Gasteiger partial charge in [-0.1, -0.05) is 6.92 Å². The average Bonchev–Trinajstić information content (AvgIpc) is 2.26. The number of hydrogen-bond acceptors (Lipinski definition) is 4. The van der Waals surface area contributed by atoms with Gasteiger partial charge in [0.25, 0.3) is 0 Å². The molecule has 0 saturated carbocycles. The standard InChI is InChI=1S/C10H15NO4S/c1-6(5-16)9(13)11-4-7(12)2-3-8(11)10(14)15/h6,8,16H,2-5H2,1H3,(H,14,15)/t6?,8-/m0/s1. The topological polar surface area (TPSA) is 74.7 Å². The number of carboxylic acids is 1. The van der Waals surface area contributed by atoms with Crippen LogP contribution in [0.1, 0.15) is 19.8 Å². The van der Waals surface area contributed by atoms with Crippen molar-refractivity contribution in [3.05, 3.63) is 0 Å². The molecule has 1 rings (SSSR count). The van der Waals surface area contributed by atoms with Gasteiger partial charge in [-0.15, -0.1) is 0 Å². The summed E-state index contributed by atoms with van der Waals surface area (Å²) in [5.41, 5.74) is 0. The summed E-state index contributed by atoms with van der Waals surface area (Å²) in [7, 11) is 0. The van der Waals surface area contributed by atoms with Gasteiger partial charge in [-0.25, -0.2) is 4.79 Å². The lowest BCUT2D eigenvalue weighted by atomic mass is 9.99. The molecule has 1 unspecified atom stereocenters. The van der Waals surface area contributed by atoms with E-state index in [0.29, 0.717) is 5.75 Å². The highest BCUT2D eigenvalue weighted by Gasteiger charge is 2.36. The van der Waals surface area contributed by atoms with Crippen LogP contribution in [0.15, 0.2) is 0 Å². The minimum absolute atomic E-state index is 0.0859. The van der Waals surface area contributed by atoms with Gasteiger partial charge >= 0.3 is 5.97 Å². The molecule has 1 fully saturated rings. The minimum atomic E-state index is -1.05. The summed E-state index contributed by atoms with van der Waals surface area (Å²) < 4.78 is 0. The monoisotopic (exact) mass is 245 g/mol. The number of carbonyl (C=O) groups excluding carboxylic acids is 2. The first-order chi connectivity index (χ1) is 7.47. The summed E-state index contributed by atoms with van der Waals surface area (Å²) in [6, 6.07) is -0.868. The Hall–Kier alpha value is -1.04. The van der Waals surface area contributed by atoms with Gasteiger partial charge in [-0.2, -0.15) is 12.6 Å². The predicted octanol–water partition coefficient (Wildman–Crippen LogP) is 0.197. The van der Waals surface area contributed by atoms with E-state index in [2.05, 4.69) is 12.6 Å². The number of ketones is 1. The molecule has 0 spiro atoms. The third-order valence-corrected chi connectivity index (χ3v) is 3.23. The zero-order chi connectivity index (χ0) is 12.3. The van der Waals surface area contributed by atoms with E-state index in [1.54, 1.807) is 6.92 Å². The molecular weight excluding hydrogens is 230 g/mol. The first-order valence-electron chi connectivity index (χ1n) is 5.13. The highest BCUT2D eigenvalue weighted by molar-refractivity contribution is 7.80. The van der Waals surface area contributed by atoms with Crippen LogP contribution < -0.4 is 0 Å². The summed E-state index contributed by atoms with van der Waals surface area (Å²) in [6.45, 7) is 1.58. The van der Waals surface area contributed by atoms with Crippen LogP contribution in [0.2, 0.25) is 0 Å². The van der Waals surface area contributed by atoms with E-state index in [1.165, 1.54) is 0 Å². The van der Waals surface area contributed by atoms with Crippen LogP contribution in [0.4, 0.5) is 0 Å². The van der Waals surface area contributed by atoms with E-state index in [1.807, 2.05) is 0 Å².